The Balaban J connectivity index is 1.85. The van der Waals surface area contributed by atoms with Crippen molar-refractivity contribution in [2.24, 2.45) is 0 Å². The van der Waals surface area contributed by atoms with Gasteiger partial charge in [-0.25, -0.2) is 9.59 Å². The monoisotopic (exact) mass is 292 g/mol. The number of thiophene rings is 1. The van der Waals surface area contributed by atoms with Gasteiger partial charge in [-0.15, -0.1) is 11.3 Å². The highest BCUT2D eigenvalue weighted by Gasteiger charge is 2.36. The zero-order chi connectivity index (χ0) is 14.1. The van der Waals surface area contributed by atoms with Crippen LogP contribution in [0.15, 0.2) is 23.8 Å². The molecule has 7 nitrogen and oxygen atoms in total. The van der Waals surface area contributed by atoms with Gasteiger partial charge in [0.2, 0.25) is 0 Å². The van der Waals surface area contributed by atoms with E-state index in [-0.39, 0.29) is 0 Å². The van der Waals surface area contributed by atoms with Gasteiger partial charge in [0.25, 0.3) is 0 Å². The highest BCUT2D eigenvalue weighted by Crippen LogP contribution is 2.33. The average Bonchev–Trinajstić information content (AvgIpc) is 3.06. The number of urea groups is 1. The second-order valence-electron chi connectivity index (χ2n) is 4.40. The third kappa shape index (κ3) is 2.14. The highest BCUT2D eigenvalue weighted by atomic mass is 32.1. The van der Waals surface area contributed by atoms with Crippen LogP contribution < -0.4 is 5.32 Å². The summed E-state index contributed by atoms with van der Waals surface area (Å²) in [5.41, 5.74) is 1.21. The van der Waals surface area contributed by atoms with Crippen LogP contribution in [0.2, 0.25) is 0 Å². The molecule has 0 radical (unpaired) electrons. The molecular weight excluding hydrogens is 280 g/mol. The molecule has 1 aliphatic heterocycles. The Hall–Kier alpha value is -2.35. The number of carboxylic acids is 1. The molecule has 0 bridgehead atoms. The predicted octanol–water partition coefficient (Wildman–Crippen LogP) is 1.69. The van der Waals surface area contributed by atoms with Crippen molar-refractivity contribution in [3.8, 4) is 0 Å². The molecule has 104 valence electrons. The highest BCUT2D eigenvalue weighted by molar-refractivity contribution is 7.10. The largest absolute Gasteiger partial charge is 0.479 e. The van der Waals surface area contributed by atoms with Gasteiger partial charge >= 0.3 is 12.0 Å². The first-order chi connectivity index (χ1) is 9.66. The summed E-state index contributed by atoms with van der Waals surface area (Å²) >= 11 is 1.53. The number of aliphatic carboxylic acids is 1. The number of anilines is 1. The maximum absolute atomic E-state index is 12.2. The lowest BCUT2D eigenvalue weighted by Gasteiger charge is -2.32. The van der Waals surface area contributed by atoms with E-state index in [4.69, 9.17) is 0 Å². The Morgan fingerprint density at radius 2 is 2.40 bits per heavy atom. The average molecular weight is 292 g/mol. The molecule has 0 aromatic carbocycles. The van der Waals surface area contributed by atoms with Gasteiger partial charge in [0, 0.05) is 17.6 Å². The molecule has 2 aromatic rings. The predicted molar refractivity (Wildman–Crippen MR) is 72.7 cm³/mol. The summed E-state index contributed by atoms with van der Waals surface area (Å²) in [5, 5.41) is 20.2. The van der Waals surface area contributed by atoms with Crippen LogP contribution in [0.3, 0.4) is 0 Å². The minimum Gasteiger partial charge on any atom is -0.479 e. The van der Waals surface area contributed by atoms with Crippen molar-refractivity contribution < 1.29 is 14.7 Å². The fourth-order valence-corrected chi connectivity index (χ4v) is 3.22. The number of nitrogens with zero attached hydrogens (tertiary/aromatic N) is 2. The molecule has 3 heterocycles. The van der Waals surface area contributed by atoms with E-state index in [2.05, 4.69) is 15.5 Å². The third-order valence-electron chi connectivity index (χ3n) is 3.21. The second-order valence-corrected chi connectivity index (χ2v) is 5.40. The number of nitrogens with one attached hydrogen (secondary N) is 2. The number of rotatable bonds is 2. The van der Waals surface area contributed by atoms with Crippen molar-refractivity contribution >= 4 is 29.0 Å². The van der Waals surface area contributed by atoms with Crippen molar-refractivity contribution in [3.63, 3.8) is 0 Å². The van der Waals surface area contributed by atoms with Crippen LogP contribution in [0.5, 0.6) is 0 Å². The van der Waals surface area contributed by atoms with Gasteiger partial charge in [0.1, 0.15) is 0 Å². The van der Waals surface area contributed by atoms with Gasteiger partial charge in [-0.3, -0.25) is 5.10 Å². The van der Waals surface area contributed by atoms with Crippen molar-refractivity contribution in [1.29, 1.82) is 0 Å². The topological polar surface area (TPSA) is 98.3 Å². The van der Waals surface area contributed by atoms with E-state index in [1.165, 1.54) is 28.6 Å². The maximum atomic E-state index is 12.2. The zero-order valence-electron chi connectivity index (χ0n) is 10.4. The molecule has 20 heavy (non-hydrogen) atoms. The number of hydrogen-bond donors (Lipinski definition) is 3. The molecule has 8 heteroatoms. The zero-order valence-corrected chi connectivity index (χ0v) is 11.2. The first-order valence-corrected chi connectivity index (χ1v) is 6.90. The molecule has 1 unspecified atom stereocenters. The Morgan fingerprint density at radius 1 is 1.55 bits per heavy atom. The van der Waals surface area contributed by atoms with E-state index in [1.807, 2.05) is 5.38 Å². The molecule has 2 amide bonds. The van der Waals surface area contributed by atoms with Crippen LogP contribution in [-0.2, 0) is 11.2 Å². The van der Waals surface area contributed by atoms with E-state index < -0.39 is 18.0 Å². The number of aromatic nitrogens is 2. The van der Waals surface area contributed by atoms with Crippen LogP contribution in [0.25, 0.3) is 0 Å². The van der Waals surface area contributed by atoms with Crippen LogP contribution in [-0.4, -0.2) is 38.7 Å². The number of fused-ring (bicyclic) bond motifs is 1. The first-order valence-electron chi connectivity index (χ1n) is 6.02. The Morgan fingerprint density at radius 3 is 3.10 bits per heavy atom. The molecular formula is C12H12N4O3S. The molecule has 0 saturated carbocycles. The molecule has 0 spiro atoms. The lowest BCUT2D eigenvalue weighted by molar-refractivity contribution is -0.142. The van der Waals surface area contributed by atoms with Crippen LogP contribution in [0, 0.1) is 0 Å². The van der Waals surface area contributed by atoms with Gasteiger partial charge in [0.05, 0.1) is 11.9 Å². The molecule has 0 fully saturated rings. The molecule has 2 aromatic heterocycles. The number of amides is 2. The van der Waals surface area contributed by atoms with E-state index in [1.54, 1.807) is 6.07 Å². The van der Waals surface area contributed by atoms with E-state index >= 15 is 0 Å². The van der Waals surface area contributed by atoms with Crippen molar-refractivity contribution in [2.75, 3.05) is 11.9 Å². The molecule has 3 N–H and O–H groups in total. The molecule has 1 atom stereocenters. The Kier molecular flexibility index (Phi) is 3.15. The Bertz CT molecular complexity index is 637. The minimum absolute atomic E-state index is 0.383. The number of hydrogen-bond acceptors (Lipinski definition) is 4. The van der Waals surface area contributed by atoms with Crippen molar-refractivity contribution in [1.82, 2.24) is 15.1 Å². The van der Waals surface area contributed by atoms with E-state index in [0.717, 1.165) is 4.88 Å². The standard InChI is InChI=1S/C12H12N4O3S/c17-11(18)10-8-2-4-20-9(8)1-3-16(10)12(19)15-7-5-13-14-6-7/h2,4-6,10H,1,3H2,(H,13,14)(H,15,19)(H,17,18). The number of aromatic amines is 1. The number of H-pyrrole nitrogens is 1. The number of carbonyl (C=O) groups excluding carboxylic acids is 1. The summed E-state index contributed by atoms with van der Waals surface area (Å²) in [5.74, 6) is -1.02. The van der Waals surface area contributed by atoms with Gasteiger partial charge in [-0.05, 0) is 23.4 Å². The summed E-state index contributed by atoms with van der Waals surface area (Å²) in [4.78, 5) is 26.1. The third-order valence-corrected chi connectivity index (χ3v) is 4.21. The molecule has 0 aliphatic carbocycles. The summed E-state index contributed by atoms with van der Waals surface area (Å²) in [6.07, 6.45) is 3.68. The minimum atomic E-state index is -1.02. The van der Waals surface area contributed by atoms with Gasteiger partial charge < -0.3 is 15.3 Å². The van der Waals surface area contributed by atoms with Gasteiger partial charge in [-0.2, -0.15) is 5.10 Å². The normalized spacial score (nSPS) is 17.6. The SMILES string of the molecule is O=C(O)C1c2ccsc2CCN1C(=O)Nc1cn[nH]c1. The van der Waals surface area contributed by atoms with Crippen LogP contribution >= 0.6 is 11.3 Å². The van der Waals surface area contributed by atoms with Gasteiger partial charge in [0.15, 0.2) is 6.04 Å². The number of carbonyl (C=O) groups is 2. The molecule has 3 rings (SSSR count). The smallest absolute Gasteiger partial charge is 0.331 e. The summed E-state index contributed by atoms with van der Waals surface area (Å²) in [6, 6.07) is 0.406. The molecule has 0 saturated heterocycles. The van der Waals surface area contributed by atoms with E-state index in [0.29, 0.717) is 24.2 Å². The lowest BCUT2D eigenvalue weighted by Crippen LogP contribution is -2.45. The quantitative estimate of drug-likeness (QED) is 0.784. The summed E-state index contributed by atoms with van der Waals surface area (Å²) in [7, 11) is 0. The maximum Gasteiger partial charge on any atom is 0.331 e. The van der Waals surface area contributed by atoms with Gasteiger partial charge in [-0.1, -0.05) is 0 Å². The van der Waals surface area contributed by atoms with Crippen LogP contribution in [0.4, 0.5) is 10.5 Å². The van der Waals surface area contributed by atoms with Crippen molar-refractivity contribution in [2.45, 2.75) is 12.5 Å². The summed E-state index contributed by atoms with van der Waals surface area (Å²) < 4.78 is 0. The molecule has 1 aliphatic rings. The lowest BCUT2D eigenvalue weighted by atomic mass is 10.0. The first kappa shape index (κ1) is 12.7. The Labute approximate surface area is 118 Å². The van der Waals surface area contributed by atoms with E-state index in [9.17, 15) is 14.7 Å². The number of carboxylic acid groups (broad SMARTS) is 1. The van der Waals surface area contributed by atoms with Crippen molar-refractivity contribution in [3.05, 3.63) is 34.3 Å². The fraction of sp³-hybridized carbons (Fsp3) is 0.250. The second kappa shape index (κ2) is 4.97. The fourth-order valence-electron chi connectivity index (χ4n) is 2.32. The van der Waals surface area contributed by atoms with Crippen LogP contribution in [0.1, 0.15) is 16.5 Å². The summed E-state index contributed by atoms with van der Waals surface area (Å²) in [6.45, 7) is 0.383.